The second kappa shape index (κ2) is 4.28. The van der Waals surface area contributed by atoms with Crippen molar-refractivity contribution in [3.8, 4) is 0 Å². The van der Waals surface area contributed by atoms with Crippen molar-refractivity contribution in [1.29, 1.82) is 0 Å². The van der Waals surface area contributed by atoms with E-state index >= 15 is 0 Å². The maximum absolute atomic E-state index is 9.70. The van der Waals surface area contributed by atoms with E-state index in [1.807, 2.05) is 0 Å². The Balaban J connectivity index is 2.04. The predicted molar refractivity (Wildman–Crippen MR) is 52.1 cm³/mol. The summed E-state index contributed by atoms with van der Waals surface area (Å²) in [4.78, 5) is 5.66. The number of ether oxygens (including phenoxy) is 1. The van der Waals surface area contributed by atoms with E-state index < -0.39 is 24.5 Å². The summed E-state index contributed by atoms with van der Waals surface area (Å²) < 4.78 is 5.33. The van der Waals surface area contributed by atoms with Gasteiger partial charge < -0.3 is 25.0 Å². The Hall–Kier alpha value is -0.950. The van der Waals surface area contributed by atoms with Crippen LogP contribution in [-0.4, -0.2) is 64.2 Å². The molecule has 0 spiro atoms. The highest BCUT2D eigenvalue weighted by Gasteiger charge is 2.44. The summed E-state index contributed by atoms with van der Waals surface area (Å²) in [5.74, 6) is 0. The first-order valence-electron chi connectivity index (χ1n) is 4.79. The lowest BCUT2D eigenvalue weighted by molar-refractivity contribution is -0.0790. The fourth-order valence-electron chi connectivity index (χ4n) is 1.72. The molecule has 0 aromatic carbocycles. The highest BCUT2D eigenvalue weighted by Crippen LogP contribution is 2.24. The average molecular weight is 214 g/mol. The van der Waals surface area contributed by atoms with E-state index in [4.69, 9.17) is 9.84 Å². The van der Waals surface area contributed by atoms with Gasteiger partial charge in [-0.05, 0) is 6.08 Å². The van der Waals surface area contributed by atoms with Crippen LogP contribution in [0.25, 0.3) is 0 Å². The standard InChI is InChI=1S/C9H14N2O4/c12-4-6-7(13)8(14)9(15-6)11-3-1-2-10-5-11/h1-3,6-9,12-14H,4-5H2. The van der Waals surface area contributed by atoms with Crippen molar-refractivity contribution in [2.45, 2.75) is 24.5 Å². The topological polar surface area (TPSA) is 85.5 Å². The third-order valence-corrected chi connectivity index (χ3v) is 2.56. The Morgan fingerprint density at radius 2 is 2.20 bits per heavy atom. The number of allylic oxidation sites excluding steroid dienone is 1. The smallest absolute Gasteiger partial charge is 0.160 e. The molecule has 1 fully saturated rings. The molecule has 3 N–H and O–H groups in total. The molecule has 4 atom stereocenters. The molecule has 0 aromatic rings. The van der Waals surface area contributed by atoms with Crippen molar-refractivity contribution in [2.75, 3.05) is 13.3 Å². The van der Waals surface area contributed by atoms with Crippen molar-refractivity contribution < 1.29 is 20.1 Å². The summed E-state index contributed by atoms with van der Waals surface area (Å²) in [6, 6.07) is 0. The minimum Gasteiger partial charge on any atom is -0.394 e. The lowest BCUT2D eigenvalue weighted by Crippen LogP contribution is -2.42. The molecule has 1 saturated heterocycles. The maximum atomic E-state index is 9.70. The quantitative estimate of drug-likeness (QED) is 0.509. The Morgan fingerprint density at radius 1 is 1.40 bits per heavy atom. The molecule has 0 saturated carbocycles. The van der Waals surface area contributed by atoms with Gasteiger partial charge in [-0.1, -0.05) is 0 Å². The van der Waals surface area contributed by atoms with Gasteiger partial charge in [-0.15, -0.1) is 0 Å². The molecule has 0 bridgehead atoms. The Bertz CT molecular complexity index is 281. The average Bonchev–Trinajstić information content (AvgIpc) is 2.57. The molecule has 0 aliphatic carbocycles. The number of rotatable bonds is 2. The van der Waals surface area contributed by atoms with E-state index in [0.717, 1.165) is 0 Å². The molecule has 0 aromatic heterocycles. The number of hydrogen-bond donors (Lipinski definition) is 3. The fourth-order valence-corrected chi connectivity index (χ4v) is 1.72. The zero-order valence-electron chi connectivity index (χ0n) is 8.10. The molecule has 84 valence electrons. The molecule has 0 radical (unpaired) electrons. The molecule has 4 unspecified atom stereocenters. The minimum absolute atomic E-state index is 0.310. The number of aliphatic imine (C=N–C) groups is 1. The van der Waals surface area contributed by atoms with Crippen LogP contribution in [0.4, 0.5) is 0 Å². The molecular formula is C9H14N2O4. The number of nitrogens with zero attached hydrogens (tertiary/aromatic N) is 2. The van der Waals surface area contributed by atoms with Crippen molar-refractivity contribution in [3.05, 3.63) is 12.3 Å². The van der Waals surface area contributed by atoms with Gasteiger partial charge >= 0.3 is 0 Å². The van der Waals surface area contributed by atoms with Crippen LogP contribution < -0.4 is 0 Å². The maximum Gasteiger partial charge on any atom is 0.160 e. The van der Waals surface area contributed by atoms with Gasteiger partial charge in [-0.2, -0.15) is 0 Å². The van der Waals surface area contributed by atoms with Crippen LogP contribution in [-0.2, 0) is 4.74 Å². The third kappa shape index (κ3) is 1.89. The van der Waals surface area contributed by atoms with Gasteiger partial charge in [0, 0.05) is 12.4 Å². The van der Waals surface area contributed by atoms with Gasteiger partial charge in [0.2, 0.25) is 0 Å². The van der Waals surface area contributed by atoms with Crippen LogP contribution in [0.5, 0.6) is 0 Å². The minimum atomic E-state index is -1.06. The van der Waals surface area contributed by atoms with Crippen LogP contribution in [0.15, 0.2) is 17.3 Å². The van der Waals surface area contributed by atoms with Crippen molar-refractivity contribution in [1.82, 2.24) is 4.90 Å². The van der Waals surface area contributed by atoms with Crippen LogP contribution in [0.2, 0.25) is 0 Å². The molecule has 2 aliphatic heterocycles. The second-order valence-electron chi connectivity index (χ2n) is 3.56. The van der Waals surface area contributed by atoms with E-state index in [1.165, 1.54) is 0 Å². The lowest BCUT2D eigenvalue weighted by atomic mass is 10.1. The largest absolute Gasteiger partial charge is 0.394 e. The van der Waals surface area contributed by atoms with Crippen LogP contribution in [0.1, 0.15) is 0 Å². The first-order chi connectivity index (χ1) is 7.24. The zero-order chi connectivity index (χ0) is 10.8. The molecule has 0 amide bonds. The highest BCUT2D eigenvalue weighted by atomic mass is 16.6. The van der Waals surface area contributed by atoms with Crippen molar-refractivity contribution in [2.24, 2.45) is 4.99 Å². The zero-order valence-corrected chi connectivity index (χ0v) is 8.10. The molecular weight excluding hydrogens is 200 g/mol. The first-order valence-corrected chi connectivity index (χ1v) is 4.79. The summed E-state index contributed by atoms with van der Waals surface area (Å²) in [5, 5.41) is 28.1. The number of aliphatic hydroxyl groups excluding tert-OH is 3. The molecule has 2 rings (SSSR count). The summed E-state index contributed by atoms with van der Waals surface area (Å²) in [5.41, 5.74) is 0. The van der Waals surface area contributed by atoms with Gasteiger partial charge in [-0.3, -0.25) is 4.99 Å². The molecule has 6 heteroatoms. The Kier molecular flexibility index (Phi) is 3.01. The first kappa shape index (κ1) is 10.6. The van der Waals surface area contributed by atoms with Crippen LogP contribution in [0.3, 0.4) is 0 Å². The van der Waals surface area contributed by atoms with Crippen LogP contribution >= 0.6 is 0 Å². The van der Waals surface area contributed by atoms with Gasteiger partial charge in [0.25, 0.3) is 0 Å². The van der Waals surface area contributed by atoms with E-state index in [2.05, 4.69) is 4.99 Å². The molecule has 2 heterocycles. The summed E-state index contributed by atoms with van der Waals surface area (Å²) in [7, 11) is 0. The SMILES string of the molecule is OCC1OC(N2C=CC=NC2)C(O)C1O. The van der Waals surface area contributed by atoms with Gasteiger partial charge in [0.1, 0.15) is 25.0 Å². The summed E-state index contributed by atoms with van der Waals surface area (Å²) in [6.45, 7) is 0.0681. The fraction of sp³-hybridized carbons (Fsp3) is 0.667. The summed E-state index contributed by atoms with van der Waals surface area (Å²) >= 11 is 0. The van der Waals surface area contributed by atoms with Gasteiger partial charge in [-0.25, -0.2) is 0 Å². The van der Waals surface area contributed by atoms with Crippen molar-refractivity contribution >= 4 is 6.21 Å². The Morgan fingerprint density at radius 3 is 2.73 bits per heavy atom. The van der Waals surface area contributed by atoms with E-state index in [9.17, 15) is 10.2 Å². The summed E-state index contributed by atoms with van der Waals surface area (Å²) in [6.07, 6.45) is 1.64. The highest BCUT2D eigenvalue weighted by molar-refractivity contribution is 5.71. The van der Waals surface area contributed by atoms with Gasteiger partial charge in [0.15, 0.2) is 6.23 Å². The Labute approximate surface area is 87.1 Å². The number of hydrogen-bond acceptors (Lipinski definition) is 6. The molecule has 6 nitrogen and oxygen atoms in total. The second-order valence-corrected chi connectivity index (χ2v) is 3.56. The van der Waals surface area contributed by atoms with Crippen LogP contribution in [0, 0.1) is 0 Å². The van der Waals surface area contributed by atoms with Gasteiger partial charge in [0.05, 0.1) is 6.61 Å². The predicted octanol–water partition coefficient (Wildman–Crippen LogP) is -1.72. The van der Waals surface area contributed by atoms with E-state index in [1.54, 1.807) is 23.4 Å². The monoisotopic (exact) mass is 214 g/mol. The lowest BCUT2D eigenvalue weighted by Gasteiger charge is -2.28. The number of aliphatic hydroxyl groups is 3. The third-order valence-electron chi connectivity index (χ3n) is 2.56. The van der Waals surface area contributed by atoms with Crippen molar-refractivity contribution in [3.63, 3.8) is 0 Å². The molecule has 15 heavy (non-hydrogen) atoms. The molecule has 2 aliphatic rings. The van der Waals surface area contributed by atoms with E-state index in [-0.39, 0.29) is 6.61 Å². The normalized spacial score (nSPS) is 40.1. The van der Waals surface area contributed by atoms with E-state index in [0.29, 0.717) is 6.67 Å².